The Balaban J connectivity index is 1.89. The lowest BCUT2D eigenvalue weighted by Crippen LogP contribution is -2.36. The minimum absolute atomic E-state index is 0.200. The topological polar surface area (TPSA) is 27.7 Å². The Morgan fingerprint density at radius 2 is 1.43 bits per heavy atom. The summed E-state index contributed by atoms with van der Waals surface area (Å²) in [7, 11) is 0. The molecule has 7 atom stereocenters. The molecule has 2 saturated carbocycles. The van der Waals surface area contributed by atoms with Gasteiger partial charge in [0.2, 0.25) is 0 Å². The highest BCUT2D eigenvalue weighted by molar-refractivity contribution is 8.03. The number of ether oxygens (including phenoxy) is 2. The van der Waals surface area contributed by atoms with Crippen LogP contribution in [0.15, 0.2) is 46.6 Å². The molecule has 1 unspecified atom stereocenters. The first kappa shape index (κ1) is 33.4. The van der Waals surface area contributed by atoms with Crippen LogP contribution in [0.25, 0.3) is 0 Å². The molecule has 0 amide bonds. The molecule has 2 fully saturated rings. The van der Waals surface area contributed by atoms with Crippen molar-refractivity contribution in [2.45, 2.75) is 124 Å². The molecule has 226 valence electrons. The van der Waals surface area contributed by atoms with E-state index in [0.717, 1.165) is 71.5 Å². The number of thioether (sulfide) groups is 1. The van der Waals surface area contributed by atoms with Crippen LogP contribution in [0.1, 0.15) is 100 Å². The molecule has 3 rings (SSSR count). The molecule has 0 saturated heterocycles. The van der Waals surface area contributed by atoms with Crippen molar-refractivity contribution in [3.05, 3.63) is 41.7 Å². The molecule has 40 heavy (non-hydrogen) atoms. The van der Waals surface area contributed by atoms with Gasteiger partial charge in [-0.2, -0.15) is 0 Å². The van der Waals surface area contributed by atoms with Gasteiger partial charge < -0.3 is 14.1 Å². The zero-order chi connectivity index (χ0) is 29.1. The molecule has 0 spiro atoms. The molecule has 5 heteroatoms. The average Bonchev–Trinajstić information content (AvgIpc) is 2.91. The maximum Gasteiger partial charge on any atom is 0.359 e. The summed E-state index contributed by atoms with van der Waals surface area (Å²) in [6, 6.07) is 10.6. The second kappa shape index (κ2) is 17.1. The average molecular weight is 571 g/mol. The van der Waals surface area contributed by atoms with Crippen molar-refractivity contribution >= 4 is 18.7 Å². The van der Waals surface area contributed by atoms with Crippen LogP contribution in [-0.4, -0.2) is 19.8 Å². The minimum Gasteiger partial charge on any atom is -0.554 e. The summed E-state index contributed by atoms with van der Waals surface area (Å²) in [5, 5.41) is 0.865. The molecule has 0 heterocycles. The van der Waals surface area contributed by atoms with Gasteiger partial charge in [0.05, 0.1) is 0 Å². The Bertz CT molecular complexity index is 825. The molecule has 0 N–H and O–H groups in total. The van der Waals surface area contributed by atoms with Gasteiger partial charge in [-0.05, 0) is 105 Å². The second-order valence-corrected chi connectivity index (χ2v) is 14.7. The first-order valence-corrected chi connectivity index (χ1v) is 17.4. The maximum absolute atomic E-state index is 7.10. The van der Waals surface area contributed by atoms with E-state index in [-0.39, 0.29) is 13.2 Å². The van der Waals surface area contributed by atoms with Gasteiger partial charge in [0.25, 0.3) is 0 Å². The van der Waals surface area contributed by atoms with Gasteiger partial charge in [0, 0.05) is 17.9 Å². The predicted molar refractivity (Wildman–Crippen MR) is 173 cm³/mol. The van der Waals surface area contributed by atoms with Gasteiger partial charge in [-0.1, -0.05) is 91.3 Å². The van der Waals surface area contributed by atoms with Crippen LogP contribution in [0.3, 0.4) is 0 Å². The zero-order valence-corrected chi connectivity index (χ0v) is 27.8. The van der Waals surface area contributed by atoms with Gasteiger partial charge in [0.15, 0.2) is 11.4 Å². The van der Waals surface area contributed by atoms with E-state index in [0.29, 0.717) is 6.61 Å². The number of benzene rings is 1. The lowest BCUT2D eigenvalue weighted by atomic mass is 9.49. The van der Waals surface area contributed by atoms with E-state index in [9.17, 15) is 0 Å². The second-order valence-electron chi connectivity index (χ2n) is 13.7. The van der Waals surface area contributed by atoms with Crippen molar-refractivity contribution in [2.24, 2.45) is 47.3 Å². The highest BCUT2D eigenvalue weighted by Gasteiger charge is 2.39. The highest BCUT2D eigenvalue weighted by atomic mass is 32.2. The van der Waals surface area contributed by atoms with Crippen molar-refractivity contribution in [2.75, 3.05) is 6.61 Å². The fraction of sp³-hybridized carbons (Fsp3) is 0.771. The molecule has 2 aliphatic rings. The maximum atomic E-state index is 7.10. The number of hydrogen-bond donors (Lipinski definition) is 0. The SMILES string of the molecule is CCOC(CC)O/C=C(/OB(C[C@H]1C[C@H](C)CC[C@H]1C(C)C)C[C@H]1C[C@H](C)CC[C@H]1C(C)C)Sc1ccccc1. The summed E-state index contributed by atoms with van der Waals surface area (Å²) in [5.41, 5.74) is 0. The summed E-state index contributed by atoms with van der Waals surface area (Å²) < 4.78 is 19.1. The Morgan fingerprint density at radius 1 is 0.875 bits per heavy atom. The monoisotopic (exact) mass is 570 g/mol. The summed E-state index contributed by atoms with van der Waals surface area (Å²) in [6.07, 6.45) is 12.9. The van der Waals surface area contributed by atoms with Gasteiger partial charge >= 0.3 is 6.92 Å². The first-order chi connectivity index (χ1) is 19.2. The third kappa shape index (κ3) is 10.6. The van der Waals surface area contributed by atoms with E-state index in [1.807, 2.05) is 13.2 Å². The molecule has 0 aliphatic heterocycles. The molecule has 3 nitrogen and oxygen atoms in total. The van der Waals surface area contributed by atoms with Crippen molar-refractivity contribution < 1.29 is 14.1 Å². The van der Waals surface area contributed by atoms with Crippen LogP contribution in [0.5, 0.6) is 0 Å². The largest absolute Gasteiger partial charge is 0.554 e. The molecule has 1 aromatic carbocycles. The zero-order valence-electron chi connectivity index (χ0n) is 26.9. The van der Waals surface area contributed by atoms with Crippen LogP contribution >= 0.6 is 11.8 Å². The predicted octanol–water partition coefficient (Wildman–Crippen LogP) is 10.8. The van der Waals surface area contributed by atoms with Crippen LogP contribution < -0.4 is 0 Å². The van der Waals surface area contributed by atoms with Gasteiger partial charge in [0.1, 0.15) is 6.26 Å². The van der Waals surface area contributed by atoms with Gasteiger partial charge in [-0.25, -0.2) is 0 Å². The van der Waals surface area contributed by atoms with Crippen LogP contribution in [-0.2, 0) is 14.1 Å². The normalized spacial score (nSPS) is 28.5. The first-order valence-electron chi connectivity index (χ1n) is 16.6. The van der Waals surface area contributed by atoms with E-state index in [4.69, 9.17) is 14.1 Å². The quantitative estimate of drug-likeness (QED) is 0.0907. The molecule has 0 bridgehead atoms. The smallest absolute Gasteiger partial charge is 0.359 e. The minimum atomic E-state index is -0.243. The Labute approximate surface area is 252 Å². The van der Waals surface area contributed by atoms with Crippen molar-refractivity contribution in [1.29, 1.82) is 0 Å². The number of hydrogen-bond acceptors (Lipinski definition) is 4. The van der Waals surface area contributed by atoms with Gasteiger partial charge in [-0.15, -0.1) is 0 Å². The molecule has 2 aliphatic carbocycles. The van der Waals surface area contributed by atoms with Crippen LogP contribution in [0.2, 0.25) is 12.6 Å². The third-order valence-corrected chi connectivity index (χ3v) is 10.6. The summed E-state index contributed by atoms with van der Waals surface area (Å²) in [6.45, 7) is 19.6. The van der Waals surface area contributed by atoms with E-state index in [1.165, 1.54) is 43.4 Å². The highest BCUT2D eigenvalue weighted by Crippen LogP contribution is 2.45. The van der Waals surface area contributed by atoms with Gasteiger partial charge in [-0.3, -0.25) is 0 Å². The Hall–Kier alpha value is -1.07. The molecule has 0 radical (unpaired) electrons. The Morgan fingerprint density at radius 3 is 1.90 bits per heavy atom. The molecule has 0 aromatic heterocycles. The lowest BCUT2D eigenvalue weighted by molar-refractivity contribution is -0.104. The summed E-state index contributed by atoms with van der Waals surface area (Å²) >= 11 is 1.69. The van der Waals surface area contributed by atoms with E-state index >= 15 is 0 Å². The summed E-state index contributed by atoms with van der Waals surface area (Å²) in [4.78, 5) is 1.18. The fourth-order valence-electron chi connectivity index (χ4n) is 7.62. The van der Waals surface area contributed by atoms with Crippen molar-refractivity contribution in [3.8, 4) is 0 Å². The molecular weight excluding hydrogens is 511 g/mol. The summed E-state index contributed by atoms with van der Waals surface area (Å²) in [5.74, 6) is 6.11. The van der Waals surface area contributed by atoms with Crippen LogP contribution in [0.4, 0.5) is 0 Å². The van der Waals surface area contributed by atoms with E-state index in [1.54, 1.807) is 11.8 Å². The van der Waals surface area contributed by atoms with Crippen molar-refractivity contribution in [3.63, 3.8) is 0 Å². The molecular formula is C35H59BO3S. The Kier molecular flexibility index (Phi) is 14.3. The fourth-order valence-corrected chi connectivity index (χ4v) is 8.44. The van der Waals surface area contributed by atoms with E-state index < -0.39 is 0 Å². The standard InChI is InChI=1S/C35H59BO3S/c1-9-34(37-10-2)38-24-35(40-31-14-12-11-13-15-31)39-36(22-29-20-27(7)16-18-32(29)25(3)4)23-30-21-28(8)17-19-33(30)26(5)6/h11-15,24-30,32-34H,9-10,16-23H2,1-8H3/b35-24-/t27-,28-,29-,30-,32+,33+,34?/m1/s1. The van der Waals surface area contributed by atoms with E-state index in [2.05, 4.69) is 78.8 Å². The van der Waals surface area contributed by atoms with Crippen molar-refractivity contribution in [1.82, 2.24) is 0 Å². The lowest BCUT2D eigenvalue weighted by Gasteiger charge is -2.41. The van der Waals surface area contributed by atoms with Crippen LogP contribution in [0, 0.1) is 47.3 Å². The molecule has 1 aromatic rings. The number of rotatable bonds is 15. The third-order valence-electron chi connectivity index (χ3n) is 9.70.